The van der Waals surface area contributed by atoms with Crippen molar-refractivity contribution in [1.29, 1.82) is 0 Å². The molecule has 61 heavy (non-hydrogen) atoms. The molecule has 5 rings (SSSR count). The third-order valence-electron chi connectivity index (χ3n) is 9.73. The monoisotopic (exact) mass is 859 g/mol. The van der Waals surface area contributed by atoms with Crippen LogP contribution in [0.3, 0.4) is 0 Å². The van der Waals surface area contributed by atoms with Gasteiger partial charge in [-0.05, 0) is 79.8 Å². The number of alkyl carbamates (subject to hydrolysis) is 1. The van der Waals surface area contributed by atoms with Crippen LogP contribution >= 0.6 is 0 Å². The summed E-state index contributed by atoms with van der Waals surface area (Å²) in [5.74, 6) is -2.28. The molecule has 0 fully saturated rings. The molecule has 0 saturated carbocycles. The fraction of sp³-hybridized carbons (Fsp3) is 0.364. The number of esters is 1. The van der Waals surface area contributed by atoms with Crippen molar-refractivity contribution in [2.45, 2.75) is 90.1 Å². The van der Waals surface area contributed by atoms with E-state index in [0.717, 1.165) is 33.4 Å². The minimum atomic E-state index is -3.68. The lowest BCUT2D eigenvalue weighted by molar-refractivity contribution is -0.168. The molecule has 1 unspecified atom stereocenters. The molecular formula is C44H50FN5O10S. The Labute approximate surface area is 354 Å². The van der Waals surface area contributed by atoms with Gasteiger partial charge >= 0.3 is 18.2 Å². The molecule has 0 aliphatic heterocycles. The first-order valence-electron chi connectivity index (χ1n) is 19.5. The summed E-state index contributed by atoms with van der Waals surface area (Å²) < 4.78 is 61.6. The fourth-order valence-corrected chi connectivity index (χ4v) is 6.80. The first-order chi connectivity index (χ1) is 28.7. The highest BCUT2D eigenvalue weighted by atomic mass is 32.2. The molecule has 15 nitrogen and oxygen atoms in total. The van der Waals surface area contributed by atoms with Gasteiger partial charge in [0.15, 0.2) is 15.5 Å². The molecule has 0 saturated heterocycles. The zero-order chi connectivity index (χ0) is 44.8. The number of nitrogens with one attached hydrogen (secondary N) is 1. The van der Waals surface area contributed by atoms with E-state index in [1.807, 2.05) is 31.2 Å². The summed E-state index contributed by atoms with van der Waals surface area (Å²) in [7, 11) is -2.39. The summed E-state index contributed by atoms with van der Waals surface area (Å²) in [6.07, 6.45) is -0.0386. The number of anilines is 2. The first-order valence-corrected chi connectivity index (χ1v) is 21.4. The van der Waals surface area contributed by atoms with Crippen LogP contribution in [0.5, 0.6) is 5.75 Å². The maximum atomic E-state index is 14.1. The Balaban J connectivity index is 1.41. The molecule has 5 aromatic rings. The average Bonchev–Trinajstić information content (AvgIpc) is 3.61. The number of hydrogen-bond acceptors (Lipinski definition) is 12. The van der Waals surface area contributed by atoms with E-state index >= 15 is 0 Å². The van der Waals surface area contributed by atoms with E-state index in [1.54, 1.807) is 65.1 Å². The van der Waals surface area contributed by atoms with Crippen LogP contribution in [0.15, 0.2) is 90.0 Å². The highest BCUT2D eigenvalue weighted by Crippen LogP contribution is 2.36. The number of ether oxygens (including phenoxy) is 4. The van der Waals surface area contributed by atoms with E-state index in [9.17, 15) is 32.0 Å². The number of benzene rings is 3. The van der Waals surface area contributed by atoms with Crippen LogP contribution in [0.2, 0.25) is 0 Å². The molecule has 0 spiro atoms. The highest BCUT2D eigenvalue weighted by molar-refractivity contribution is 7.90. The number of methoxy groups -OCH3 is 1. The minimum Gasteiger partial charge on any atom is -0.495 e. The number of carbonyl (C=O) groups excluding carboxylic acids is 4. The van der Waals surface area contributed by atoms with E-state index in [4.69, 9.17) is 18.9 Å². The summed E-state index contributed by atoms with van der Waals surface area (Å²) in [4.78, 5) is 58.5. The minimum absolute atomic E-state index is 0.0116. The van der Waals surface area contributed by atoms with Gasteiger partial charge in [0.2, 0.25) is 6.29 Å². The number of carbonyl (C=O) groups is 4. The Bertz CT molecular complexity index is 2500. The largest absolute Gasteiger partial charge is 0.495 e. The summed E-state index contributed by atoms with van der Waals surface area (Å²) in [5, 5.41) is 7.11. The van der Waals surface area contributed by atoms with Gasteiger partial charge in [0, 0.05) is 43.3 Å². The molecule has 324 valence electrons. The zero-order valence-electron chi connectivity index (χ0n) is 35.5. The Morgan fingerprint density at radius 3 is 2.16 bits per heavy atom. The number of fused-ring (bicyclic) bond motifs is 1. The third-order valence-corrected chi connectivity index (χ3v) is 10.8. The lowest BCUT2D eigenvalue weighted by atomic mass is 9.92. The number of Topliss-reactive ketones (excluding diaryl/α,β-unsaturated/α-hetero) is 1. The molecule has 2 amide bonds. The number of rotatable bonds is 15. The summed E-state index contributed by atoms with van der Waals surface area (Å²) in [6.45, 7) is 11.7. The second-order valence-electron chi connectivity index (χ2n) is 15.6. The van der Waals surface area contributed by atoms with E-state index in [2.05, 4.69) is 15.4 Å². The van der Waals surface area contributed by atoms with Gasteiger partial charge < -0.3 is 24.3 Å². The van der Waals surface area contributed by atoms with Gasteiger partial charge in [0.05, 0.1) is 17.7 Å². The zero-order valence-corrected chi connectivity index (χ0v) is 36.3. The van der Waals surface area contributed by atoms with Crippen molar-refractivity contribution in [2.24, 2.45) is 5.92 Å². The predicted octanol–water partition coefficient (Wildman–Crippen LogP) is 7.97. The van der Waals surface area contributed by atoms with Gasteiger partial charge in [0.1, 0.15) is 29.0 Å². The van der Waals surface area contributed by atoms with Gasteiger partial charge in [-0.25, -0.2) is 36.6 Å². The number of amides is 2. The van der Waals surface area contributed by atoms with Crippen molar-refractivity contribution in [3.8, 4) is 16.9 Å². The Morgan fingerprint density at radius 2 is 1.56 bits per heavy atom. The van der Waals surface area contributed by atoms with Gasteiger partial charge in [-0.1, -0.05) is 63.6 Å². The molecule has 17 heteroatoms. The van der Waals surface area contributed by atoms with Crippen LogP contribution in [0.1, 0.15) is 71.9 Å². The van der Waals surface area contributed by atoms with Crippen LogP contribution in [-0.2, 0) is 40.1 Å². The molecule has 3 aromatic carbocycles. The topological polar surface area (TPSA) is 185 Å². The molecule has 4 atom stereocenters. The molecule has 1 N–H and O–H groups in total. The molecule has 2 aromatic heterocycles. The number of sulfone groups is 1. The van der Waals surface area contributed by atoms with Gasteiger partial charge in [-0.15, -0.1) is 5.10 Å². The second kappa shape index (κ2) is 18.9. The van der Waals surface area contributed by atoms with E-state index < -0.39 is 51.8 Å². The lowest BCUT2D eigenvalue weighted by Crippen LogP contribution is -2.48. The molecule has 0 radical (unpaired) electrons. The maximum absolute atomic E-state index is 14.1. The summed E-state index contributed by atoms with van der Waals surface area (Å²) in [6, 6.07) is 19.5. The van der Waals surface area contributed by atoms with E-state index in [0.29, 0.717) is 12.1 Å². The molecular weight excluding hydrogens is 810 g/mol. The first kappa shape index (κ1) is 45.7. The van der Waals surface area contributed by atoms with Gasteiger partial charge in [-0.3, -0.25) is 4.79 Å². The molecule has 0 aliphatic carbocycles. The average molecular weight is 860 g/mol. The Kier molecular flexibility index (Phi) is 14.2. The van der Waals surface area contributed by atoms with Crippen LogP contribution in [0.4, 0.5) is 25.6 Å². The van der Waals surface area contributed by atoms with Gasteiger partial charge in [0.25, 0.3) is 5.95 Å². The van der Waals surface area contributed by atoms with Crippen molar-refractivity contribution >= 4 is 51.1 Å². The van der Waals surface area contributed by atoms with Crippen LogP contribution in [0.25, 0.3) is 16.8 Å². The normalized spacial score (nSPS) is 13.7. The second-order valence-corrected chi connectivity index (χ2v) is 17.6. The SMILES string of the molecule is CC[C@H](C)[C@H](NC(=O)OC(C)(C)C)C(=O)OC(C)OC(=O)N(c1nc2ccc(-c3ccc(CC(=O)[C@H](C)c4ccc(F)cc4)cc3)cn2n1)c1ccc(S(C)(=O)=O)cc1OC. The highest BCUT2D eigenvalue weighted by Gasteiger charge is 2.34. The Morgan fingerprint density at radius 1 is 0.902 bits per heavy atom. The van der Waals surface area contributed by atoms with Crippen molar-refractivity contribution in [1.82, 2.24) is 19.9 Å². The quantitative estimate of drug-likeness (QED) is 0.0792. The van der Waals surface area contributed by atoms with Crippen LogP contribution in [-0.4, -0.2) is 78.3 Å². The van der Waals surface area contributed by atoms with Crippen LogP contribution < -0.4 is 15.0 Å². The fourth-order valence-electron chi connectivity index (χ4n) is 6.16. The number of nitrogens with zero attached hydrogens (tertiary/aromatic N) is 4. The Hall–Kier alpha value is -6.36. The summed E-state index contributed by atoms with van der Waals surface area (Å²) in [5.41, 5.74) is 2.56. The standard InChI is InChI=1S/C44H50FN5O10S/c1-10-26(2)39(47-42(53)60-44(5,6)7)40(52)58-28(4)59-43(54)50(35-21-20-34(61(9,55)56)24-37(35)57-8)41-46-38-22-17-32(25-49(38)48-41)31-13-11-29(12-14-31)23-36(51)27(3)30-15-18-33(45)19-16-30/h11-22,24-28,39H,10,23H2,1-9H3,(H,47,53)/t26-,27+,28?,39-/m0/s1. The maximum Gasteiger partial charge on any atom is 0.424 e. The number of pyridine rings is 1. The number of ketones is 1. The predicted molar refractivity (Wildman–Crippen MR) is 225 cm³/mol. The molecule has 2 heterocycles. The number of aromatic nitrogens is 3. The van der Waals surface area contributed by atoms with Gasteiger partial charge in [-0.2, -0.15) is 4.98 Å². The third kappa shape index (κ3) is 11.7. The van der Waals surface area contributed by atoms with Crippen molar-refractivity contribution in [3.05, 3.63) is 102 Å². The van der Waals surface area contributed by atoms with E-state index in [-0.39, 0.29) is 46.2 Å². The number of halogens is 1. The molecule has 0 aliphatic rings. The van der Waals surface area contributed by atoms with Crippen molar-refractivity contribution < 1.29 is 50.9 Å². The smallest absolute Gasteiger partial charge is 0.424 e. The number of hydrogen-bond donors (Lipinski definition) is 1. The summed E-state index contributed by atoms with van der Waals surface area (Å²) >= 11 is 0. The van der Waals surface area contributed by atoms with Crippen LogP contribution in [0, 0.1) is 11.7 Å². The van der Waals surface area contributed by atoms with Crippen molar-refractivity contribution in [3.63, 3.8) is 0 Å². The lowest BCUT2D eigenvalue weighted by Gasteiger charge is -2.27. The van der Waals surface area contributed by atoms with E-state index in [1.165, 1.54) is 48.9 Å². The molecule has 0 bridgehead atoms. The van der Waals surface area contributed by atoms with Crippen molar-refractivity contribution in [2.75, 3.05) is 18.3 Å².